The van der Waals surface area contributed by atoms with E-state index < -0.39 is 0 Å². The van der Waals surface area contributed by atoms with Crippen molar-refractivity contribution in [1.82, 2.24) is 20.3 Å². The lowest BCUT2D eigenvalue weighted by Gasteiger charge is -2.61. The molecule has 276 valence electrons. The maximum Gasteiger partial charge on any atom is 0.318 e. The van der Waals surface area contributed by atoms with Gasteiger partial charge in [0, 0.05) is 34.2 Å². The molecule has 4 aliphatic carbocycles. The predicted octanol–water partition coefficient (Wildman–Crippen LogP) is 9.50. The molecule has 3 N–H and O–H groups in total. The number of nitrogens with one attached hydrogen (secondary N) is 1. The topological polar surface area (TPSA) is 88.5 Å². The van der Waals surface area contributed by atoms with E-state index in [1.165, 1.54) is 25.7 Å². The van der Waals surface area contributed by atoms with Crippen LogP contribution in [-0.4, -0.2) is 84.0 Å². The summed E-state index contributed by atoms with van der Waals surface area (Å²) in [5, 5.41) is 31.6. The van der Waals surface area contributed by atoms with Crippen molar-refractivity contribution in [2.75, 3.05) is 6.61 Å². The van der Waals surface area contributed by atoms with Crippen LogP contribution in [0, 0.1) is 0 Å². The molecule has 6 fully saturated rings. The van der Waals surface area contributed by atoms with Crippen LogP contribution in [0.4, 0.5) is 4.79 Å². The highest BCUT2D eigenvalue weighted by molar-refractivity contribution is 5.75. The van der Waals surface area contributed by atoms with Crippen LogP contribution >= 0.6 is 0 Å². The first-order valence-electron chi connectivity index (χ1n) is 20.7. The molecule has 2 amide bonds. The molecule has 4 spiro atoms. The van der Waals surface area contributed by atoms with Crippen LogP contribution in [0.2, 0.25) is 0 Å². The second-order valence-electron chi connectivity index (χ2n) is 18.3. The van der Waals surface area contributed by atoms with Gasteiger partial charge in [0.05, 0.1) is 18.2 Å². The van der Waals surface area contributed by atoms with Crippen molar-refractivity contribution >= 4 is 6.03 Å². The quantitative estimate of drug-likeness (QED) is 0.238. The minimum atomic E-state index is -0.251. The summed E-state index contributed by atoms with van der Waals surface area (Å²) in [4.78, 5) is 17.4. The molecule has 1 atom stereocenters. The number of carbonyl (C=O) groups excluding carboxylic acids is 1. The van der Waals surface area contributed by atoms with Crippen molar-refractivity contribution in [3.63, 3.8) is 0 Å². The Morgan fingerprint density at radius 2 is 1.08 bits per heavy atom. The molecular formula is C40H72N4O4. The van der Waals surface area contributed by atoms with E-state index in [4.69, 9.17) is 4.74 Å². The highest BCUT2D eigenvalue weighted by Gasteiger charge is 2.58. The van der Waals surface area contributed by atoms with Gasteiger partial charge < -0.3 is 25.4 Å². The predicted molar refractivity (Wildman–Crippen MR) is 191 cm³/mol. The van der Waals surface area contributed by atoms with E-state index >= 15 is 4.79 Å². The van der Waals surface area contributed by atoms with Crippen molar-refractivity contribution in [1.29, 1.82) is 0 Å². The molecule has 0 aromatic rings. The second kappa shape index (κ2) is 15.0. The maximum absolute atomic E-state index is 15.2. The highest BCUT2D eigenvalue weighted by Crippen LogP contribution is 2.53. The average Bonchev–Trinajstić information content (AvgIpc) is 3.09. The summed E-state index contributed by atoms with van der Waals surface area (Å²) < 4.78 is 6.61. The molecular weight excluding hydrogens is 600 g/mol. The molecule has 0 bridgehead atoms. The normalized spacial score (nSPS) is 31.2. The SMILES string of the molecule is CCC(COC(C)(C)CC)N(C(=O)NC1CC2(CCCCC2)N(O)C2(CCCCC2)C1)C1CC2(CCCCC2)N(O)C2(CCCCC2)C1. The molecule has 0 radical (unpaired) electrons. The minimum Gasteiger partial charge on any atom is -0.373 e. The number of piperidine rings is 2. The summed E-state index contributed by atoms with van der Waals surface area (Å²) in [6.07, 6.45) is 27.5. The van der Waals surface area contributed by atoms with Gasteiger partial charge in [-0.05, 0) is 104 Å². The van der Waals surface area contributed by atoms with E-state index in [9.17, 15) is 10.4 Å². The third kappa shape index (κ3) is 7.22. The van der Waals surface area contributed by atoms with Crippen LogP contribution in [0.5, 0.6) is 0 Å². The van der Waals surface area contributed by atoms with Crippen LogP contribution in [-0.2, 0) is 4.74 Å². The lowest BCUT2D eigenvalue weighted by molar-refractivity contribution is -0.286. The lowest BCUT2D eigenvalue weighted by atomic mass is 9.65. The number of hydrogen-bond acceptors (Lipinski definition) is 6. The van der Waals surface area contributed by atoms with E-state index in [0.29, 0.717) is 6.61 Å². The molecule has 8 heteroatoms. The fraction of sp³-hybridized carbons (Fsp3) is 0.975. The lowest BCUT2D eigenvalue weighted by Crippen LogP contribution is -2.71. The van der Waals surface area contributed by atoms with Gasteiger partial charge in [0.1, 0.15) is 0 Å². The highest BCUT2D eigenvalue weighted by atomic mass is 16.5. The molecule has 2 heterocycles. The minimum absolute atomic E-state index is 0.0300. The van der Waals surface area contributed by atoms with Crippen molar-refractivity contribution in [3.8, 4) is 0 Å². The smallest absolute Gasteiger partial charge is 0.318 e. The molecule has 4 saturated carbocycles. The first-order chi connectivity index (χ1) is 23.0. The van der Waals surface area contributed by atoms with Gasteiger partial charge in [-0.1, -0.05) is 90.9 Å². The molecule has 1 unspecified atom stereocenters. The fourth-order valence-electron chi connectivity index (χ4n) is 11.8. The van der Waals surface area contributed by atoms with E-state index in [-0.39, 0.29) is 51.9 Å². The number of hydroxylamine groups is 4. The Morgan fingerprint density at radius 3 is 1.44 bits per heavy atom. The average molecular weight is 673 g/mol. The van der Waals surface area contributed by atoms with E-state index in [1.54, 1.807) is 0 Å². The molecule has 48 heavy (non-hydrogen) atoms. The molecule has 6 rings (SSSR count). The van der Waals surface area contributed by atoms with Gasteiger partial charge in [0.25, 0.3) is 0 Å². The molecule has 8 nitrogen and oxygen atoms in total. The van der Waals surface area contributed by atoms with Gasteiger partial charge in [0.2, 0.25) is 0 Å². The maximum atomic E-state index is 15.2. The van der Waals surface area contributed by atoms with Crippen LogP contribution < -0.4 is 5.32 Å². The first kappa shape index (κ1) is 36.8. The molecule has 0 aromatic heterocycles. The summed E-state index contributed by atoms with van der Waals surface area (Å²) in [6.45, 7) is 9.26. The summed E-state index contributed by atoms with van der Waals surface area (Å²) in [5.74, 6) is 0. The Balaban J connectivity index is 1.32. The van der Waals surface area contributed by atoms with Gasteiger partial charge in [-0.3, -0.25) is 0 Å². The number of nitrogens with zero attached hydrogens (tertiary/aromatic N) is 3. The summed E-state index contributed by atoms with van der Waals surface area (Å²) in [5.41, 5.74) is -1.20. The number of carbonyl (C=O) groups is 1. The Bertz CT molecular complexity index is 1000. The third-order valence-corrected chi connectivity index (χ3v) is 14.8. The standard InChI is InChI=1S/C40H72N4O4/c1-5-33(31-48-36(3,4)6-2)42(34-29-39(23-15-9-16-24-39)44(47)40(30-34)25-17-10-18-26-40)35(45)41-32-27-37(19-11-7-12-20-37)43(46)38(28-32)21-13-8-14-22-38/h32-34,46-47H,5-31H2,1-4H3,(H,41,45). The Morgan fingerprint density at radius 1 is 0.708 bits per heavy atom. The Kier molecular flexibility index (Phi) is 11.5. The van der Waals surface area contributed by atoms with Gasteiger partial charge in [0.15, 0.2) is 0 Å². The van der Waals surface area contributed by atoms with Gasteiger partial charge in [-0.25, -0.2) is 4.79 Å². The zero-order valence-corrected chi connectivity index (χ0v) is 31.4. The first-order valence-corrected chi connectivity index (χ1v) is 20.7. The number of ether oxygens (including phenoxy) is 1. The summed E-state index contributed by atoms with van der Waals surface area (Å²) in [6, 6.07) is 0.155. The second-order valence-corrected chi connectivity index (χ2v) is 18.3. The van der Waals surface area contributed by atoms with Gasteiger partial charge >= 0.3 is 6.03 Å². The largest absolute Gasteiger partial charge is 0.373 e. The van der Waals surface area contributed by atoms with Gasteiger partial charge in [-0.2, -0.15) is 10.1 Å². The monoisotopic (exact) mass is 673 g/mol. The van der Waals surface area contributed by atoms with Gasteiger partial charge in [-0.15, -0.1) is 0 Å². The number of rotatable bonds is 8. The van der Waals surface area contributed by atoms with E-state index in [1.807, 2.05) is 10.1 Å². The Hall–Kier alpha value is -0.930. The van der Waals surface area contributed by atoms with Crippen LogP contribution in [0.1, 0.15) is 195 Å². The summed E-state index contributed by atoms with van der Waals surface area (Å²) in [7, 11) is 0. The zero-order chi connectivity index (χ0) is 34.0. The number of hydrogen-bond donors (Lipinski definition) is 3. The van der Waals surface area contributed by atoms with Crippen LogP contribution in [0.3, 0.4) is 0 Å². The number of amides is 2. The van der Waals surface area contributed by atoms with Crippen LogP contribution in [0.25, 0.3) is 0 Å². The van der Waals surface area contributed by atoms with Crippen molar-refractivity contribution in [2.24, 2.45) is 0 Å². The van der Waals surface area contributed by atoms with Crippen molar-refractivity contribution < 1.29 is 19.9 Å². The Labute approximate surface area is 293 Å². The molecule has 6 aliphatic rings. The third-order valence-electron chi connectivity index (χ3n) is 14.8. The molecule has 2 aliphatic heterocycles. The van der Waals surface area contributed by atoms with E-state index in [2.05, 4.69) is 37.9 Å². The van der Waals surface area contributed by atoms with Crippen LogP contribution in [0.15, 0.2) is 0 Å². The van der Waals surface area contributed by atoms with E-state index in [0.717, 1.165) is 141 Å². The summed E-state index contributed by atoms with van der Waals surface area (Å²) >= 11 is 0. The molecule has 2 saturated heterocycles. The fourth-order valence-corrected chi connectivity index (χ4v) is 11.8. The molecule has 0 aromatic carbocycles. The number of urea groups is 1. The van der Waals surface area contributed by atoms with Crippen molar-refractivity contribution in [3.05, 3.63) is 0 Å². The van der Waals surface area contributed by atoms with Crippen molar-refractivity contribution in [2.45, 2.75) is 241 Å². The zero-order valence-electron chi connectivity index (χ0n) is 31.4.